The number of aryl methyl sites for hydroxylation is 2. The zero-order valence-electron chi connectivity index (χ0n) is 15.4. The average molecular weight is 376 g/mol. The van der Waals surface area contributed by atoms with E-state index in [0.29, 0.717) is 22.3 Å². The van der Waals surface area contributed by atoms with Crippen LogP contribution in [0.3, 0.4) is 0 Å². The molecule has 2 aliphatic rings. The van der Waals surface area contributed by atoms with Gasteiger partial charge >= 0.3 is 11.7 Å². The fraction of sp³-hybridized carbons (Fsp3) is 0.150. The fourth-order valence-electron chi connectivity index (χ4n) is 3.11. The van der Waals surface area contributed by atoms with Gasteiger partial charge in [0.25, 0.3) is 5.56 Å². The molecule has 0 spiro atoms. The van der Waals surface area contributed by atoms with Crippen molar-refractivity contribution < 1.29 is 9.53 Å². The van der Waals surface area contributed by atoms with Crippen LogP contribution >= 0.6 is 0 Å². The molecule has 0 bridgehead atoms. The number of aromatic nitrogens is 4. The van der Waals surface area contributed by atoms with Gasteiger partial charge in [0.05, 0.1) is 23.7 Å². The van der Waals surface area contributed by atoms with E-state index in [1.807, 2.05) is 26.0 Å². The molecule has 2 aromatic carbocycles. The van der Waals surface area contributed by atoms with Crippen LogP contribution in [0.2, 0.25) is 0 Å². The Labute approximate surface area is 158 Å². The second-order valence-corrected chi connectivity index (χ2v) is 6.45. The number of hydrogen-bond donors (Lipinski definition) is 1. The van der Waals surface area contributed by atoms with Gasteiger partial charge in [-0.25, -0.2) is 14.6 Å². The predicted molar refractivity (Wildman–Crippen MR) is 103 cm³/mol. The summed E-state index contributed by atoms with van der Waals surface area (Å²) in [6.45, 7) is 3.92. The number of fused-ring (bicyclic) bond motifs is 2. The van der Waals surface area contributed by atoms with Crippen LogP contribution in [0.15, 0.2) is 46.0 Å². The monoisotopic (exact) mass is 376 g/mol. The molecule has 8 nitrogen and oxygen atoms in total. The summed E-state index contributed by atoms with van der Waals surface area (Å²) in [5, 5.41) is 0. The van der Waals surface area contributed by atoms with Crippen molar-refractivity contribution in [2.75, 3.05) is 7.11 Å². The minimum absolute atomic E-state index is 0.0624. The third-order valence-electron chi connectivity index (χ3n) is 4.68. The van der Waals surface area contributed by atoms with Crippen LogP contribution in [-0.4, -0.2) is 32.6 Å². The number of H-pyrrole nitrogens is 1. The van der Waals surface area contributed by atoms with Crippen molar-refractivity contribution in [2.45, 2.75) is 13.8 Å². The predicted octanol–water partition coefficient (Wildman–Crippen LogP) is 1.98. The number of aromatic amines is 1. The number of esters is 1. The van der Waals surface area contributed by atoms with Gasteiger partial charge in [-0.15, -0.1) is 0 Å². The minimum atomic E-state index is -0.748. The van der Waals surface area contributed by atoms with Crippen molar-refractivity contribution in [1.82, 2.24) is 19.5 Å². The molecule has 0 atom stereocenters. The van der Waals surface area contributed by atoms with Crippen LogP contribution in [-0.2, 0) is 4.74 Å². The van der Waals surface area contributed by atoms with E-state index in [4.69, 9.17) is 4.74 Å². The molecule has 0 radical (unpaired) electrons. The van der Waals surface area contributed by atoms with E-state index in [1.54, 1.807) is 28.8 Å². The third-order valence-corrected chi connectivity index (χ3v) is 4.68. The lowest BCUT2D eigenvalue weighted by atomic mass is 10.1. The van der Waals surface area contributed by atoms with Gasteiger partial charge in [0, 0.05) is 5.69 Å². The SMILES string of the molecule is COC(=O)c1ccc(-n2c3nc(=O)[nH]c(=O)c-3nc3cc(C)c(C)cc32)cc1. The highest BCUT2D eigenvalue weighted by atomic mass is 16.5. The lowest BCUT2D eigenvalue weighted by molar-refractivity contribution is 0.0601. The standard InChI is InChI=1S/C20H16N4O4/c1-10-8-14-15(9-11(10)2)24(13-6-4-12(5-7-13)19(26)28-3)17-16(21-14)18(25)23-20(27)22-17/h4-9H,1-3H3,(H,23,25,27). The molecule has 0 aliphatic carbocycles. The number of nitrogens with one attached hydrogen (secondary N) is 1. The second kappa shape index (κ2) is 6.41. The number of methoxy groups -OCH3 is 1. The van der Waals surface area contributed by atoms with Gasteiger partial charge in [-0.2, -0.15) is 4.98 Å². The highest BCUT2D eigenvalue weighted by Gasteiger charge is 2.20. The summed E-state index contributed by atoms with van der Waals surface area (Å²) in [5.41, 5.74) is 3.07. The lowest BCUT2D eigenvalue weighted by Gasteiger charge is -2.18. The lowest BCUT2D eigenvalue weighted by Crippen LogP contribution is -2.28. The van der Waals surface area contributed by atoms with Crippen LogP contribution in [0.5, 0.6) is 0 Å². The topological polar surface area (TPSA) is 107 Å². The first-order chi connectivity index (χ1) is 13.4. The first kappa shape index (κ1) is 17.6. The van der Waals surface area contributed by atoms with Gasteiger partial charge < -0.3 is 4.74 Å². The smallest absolute Gasteiger partial charge is 0.349 e. The Balaban J connectivity index is 2.12. The number of hydrogen-bond acceptors (Lipinski definition) is 6. The van der Waals surface area contributed by atoms with E-state index in [-0.39, 0.29) is 11.5 Å². The molecule has 2 aliphatic heterocycles. The maximum Gasteiger partial charge on any atom is 0.349 e. The molecular formula is C20H16N4O4. The van der Waals surface area contributed by atoms with Crippen molar-refractivity contribution in [3.8, 4) is 17.2 Å². The van der Waals surface area contributed by atoms with Crippen molar-refractivity contribution in [3.63, 3.8) is 0 Å². The second-order valence-electron chi connectivity index (χ2n) is 6.45. The highest BCUT2D eigenvalue weighted by Crippen LogP contribution is 2.27. The summed E-state index contributed by atoms with van der Waals surface area (Å²) in [5.74, 6) is -0.306. The molecule has 2 aromatic rings. The molecular weight excluding hydrogens is 360 g/mol. The number of rotatable bonds is 2. The average Bonchev–Trinajstić information content (AvgIpc) is 2.67. The Morgan fingerprint density at radius 3 is 2.39 bits per heavy atom. The van der Waals surface area contributed by atoms with Crippen molar-refractivity contribution in [1.29, 1.82) is 0 Å². The summed E-state index contributed by atoms with van der Waals surface area (Å²) in [7, 11) is 1.31. The van der Waals surface area contributed by atoms with Gasteiger partial charge in [0.15, 0.2) is 11.5 Å². The zero-order chi connectivity index (χ0) is 20.0. The van der Waals surface area contributed by atoms with E-state index < -0.39 is 17.2 Å². The van der Waals surface area contributed by atoms with Gasteiger partial charge in [0.1, 0.15) is 0 Å². The zero-order valence-corrected chi connectivity index (χ0v) is 15.4. The molecule has 8 heteroatoms. The first-order valence-electron chi connectivity index (χ1n) is 8.52. The normalized spacial score (nSPS) is 11.1. The first-order valence-corrected chi connectivity index (χ1v) is 8.52. The van der Waals surface area contributed by atoms with Crippen molar-refractivity contribution in [2.24, 2.45) is 0 Å². The number of ether oxygens (including phenoxy) is 1. The largest absolute Gasteiger partial charge is 0.465 e. The third kappa shape index (κ3) is 2.75. The van der Waals surface area contributed by atoms with Crippen molar-refractivity contribution >= 4 is 17.0 Å². The van der Waals surface area contributed by atoms with E-state index in [2.05, 4.69) is 15.0 Å². The van der Waals surface area contributed by atoms with Crippen LogP contribution < -0.4 is 11.2 Å². The van der Waals surface area contributed by atoms with E-state index in [0.717, 1.165) is 11.1 Å². The van der Waals surface area contributed by atoms with E-state index >= 15 is 0 Å². The molecule has 0 aromatic heterocycles. The van der Waals surface area contributed by atoms with Gasteiger partial charge in [-0.1, -0.05) is 0 Å². The van der Waals surface area contributed by atoms with Crippen molar-refractivity contribution in [3.05, 3.63) is 73.9 Å². The number of nitrogens with zero attached hydrogens (tertiary/aromatic N) is 3. The van der Waals surface area contributed by atoms with Crippen LogP contribution in [0.1, 0.15) is 21.5 Å². The molecule has 0 fully saturated rings. The van der Waals surface area contributed by atoms with Gasteiger partial charge in [-0.05, 0) is 61.4 Å². The number of benzene rings is 2. The molecule has 0 unspecified atom stereocenters. The fourth-order valence-corrected chi connectivity index (χ4v) is 3.11. The highest BCUT2D eigenvalue weighted by molar-refractivity contribution is 5.90. The van der Waals surface area contributed by atoms with E-state index in [9.17, 15) is 14.4 Å². The minimum Gasteiger partial charge on any atom is -0.465 e. The molecule has 140 valence electrons. The number of carbonyl (C=O) groups is 1. The molecule has 0 saturated carbocycles. The quantitative estimate of drug-likeness (QED) is 0.423. The van der Waals surface area contributed by atoms with Crippen LogP contribution in [0.25, 0.3) is 28.2 Å². The number of carbonyl (C=O) groups excluding carboxylic acids is 1. The Morgan fingerprint density at radius 1 is 1.04 bits per heavy atom. The Kier molecular flexibility index (Phi) is 4.03. The molecule has 2 heterocycles. The molecule has 0 amide bonds. The molecule has 28 heavy (non-hydrogen) atoms. The Morgan fingerprint density at radius 2 is 1.71 bits per heavy atom. The molecule has 1 N–H and O–H groups in total. The maximum atomic E-state index is 12.3. The maximum absolute atomic E-state index is 12.3. The molecule has 4 rings (SSSR count). The summed E-state index contributed by atoms with van der Waals surface area (Å²) < 4.78 is 6.42. The summed E-state index contributed by atoms with van der Waals surface area (Å²) >= 11 is 0. The van der Waals surface area contributed by atoms with Crippen LogP contribution in [0.4, 0.5) is 0 Å². The van der Waals surface area contributed by atoms with E-state index in [1.165, 1.54) is 7.11 Å². The van der Waals surface area contributed by atoms with Gasteiger partial charge in [-0.3, -0.25) is 14.3 Å². The van der Waals surface area contributed by atoms with Gasteiger partial charge in [0.2, 0.25) is 0 Å². The molecule has 0 saturated heterocycles. The summed E-state index contributed by atoms with van der Waals surface area (Å²) in [4.78, 5) is 46.5. The summed E-state index contributed by atoms with van der Waals surface area (Å²) in [6.07, 6.45) is 0. The summed E-state index contributed by atoms with van der Waals surface area (Å²) in [6, 6.07) is 10.4. The van der Waals surface area contributed by atoms with Crippen LogP contribution in [0, 0.1) is 13.8 Å². The Bertz CT molecular complexity index is 1320. The Hall–Kier alpha value is -3.81.